The van der Waals surface area contributed by atoms with Crippen LogP contribution in [0, 0.1) is 6.92 Å². The van der Waals surface area contributed by atoms with Crippen LogP contribution >= 0.6 is 0 Å². The molecule has 0 saturated heterocycles. The van der Waals surface area contributed by atoms with Crippen LogP contribution < -0.4 is 10.1 Å². The molecular formula is C27H25N3O2. The molecule has 1 atom stereocenters. The number of fused-ring (bicyclic) bond motifs is 2. The van der Waals surface area contributed by atoms with Gasteiger partial charge < -0.3 is 10.1 Å². The molecule has 1 N–H and O–H groups in total. The lowest BCUT2D eigenvalue weighted by Crippen LogP contribution is -2.34. The van der Waals surface area contributed by atoms with Gasteiger partial charge in [0.25, 0.3) is 5.91 Å². The van der Waals surface area contributed by atoms with Gasteiger partial charge in [0.05, 0.1) is 6.04 Å². The van der Waals surface area contributed by atoms with Gasteiger partial charge in [0.2, 0.25) is 5.88 Å². The summed E-state index contributed by atoms with van der Waals surface area (Å²) in [6.45, 7) is 1.96. The number of hydrogen-bond acceptors (Lipinski definition) is 4. The Morgan fingerprint density at radius 2 is 1.72 bits per heavy atom. The zero-order valence-corrected chi connectivity index (χ0v) is 18.0. The number of benzene rings is 3. The third-order valence-corrected chi connectivity index (χ3v) is 6.02. The molecule has 160 valence electrons. The summed E-state index contributed by atoms with van der Waals surface area (Å²) in [4.78, 5) is 12.7. The van der Waals surface area contributed by atoms with Gasteiger partial charge in [-0.25, -0.2) is 0 Å². The highest BCUT2D eigenvalue weighted by molar-refractivity contribution is 5.97. The largest absolute Gasteiger partial charge is 0.466 e. The molecule has 1 aliphatic rings. The molecule has 0 radical (unpaired) electrons. The second-order valence-corrected chi connectivity index (χ2v) is 8.27. The first kappa shape index (κ1) is 20.2. The van der Waals surface area contributed by atoms with Gasteiger partial charge in [-0.1, -0.05) is 72.3 Å². The predicted octanol–water partition coefficient (Wildman–Crippen LogP) is 5.18. The highest BCUT2D eigenvalue weighted by Gasteiger charge is 2.22. The van der Waals surface area contributed by atoms with Crippen molar-refractivity contribution in [3.63, 3.8) is 0 Å². The number of amides is 1. The summed E-state index contributed by atoms with van der Waals surface area (Å²) in [5, 5.41) is 13.6. The van der Waals surface area contributed by atoms with Crippen molar-refractivity contribution < 1.29 is 9.53 Å². The molecule has 32 heavy (non-hydrogen) atoms. The normalized spacial score (nSPS) is 15.2. The van der Waals surface area contributed by atoms with Crippen molar-refractivity contribution in [3.05, 3.63) is 89.5 Å². The van der Waals surface area contributed by atoms with Crippen LogP contribution in [0.4, 0.5) is 0 Å². The van der Waals surface area contributed by atoms with Crippen molar-refractivity contribution in [2.75, 3.05) is 6.61 Å². The maximum absolute atomic E-state index is 12.7. The van der Waals surface area contributed by atoms with E-state index in [1.165, 1.54) is 16.7 Å². The fraction of sp³-hybridized carbons (Fsp3) is 0.222. The zero-order valence-electron chi connectivity index (χ0n) is 18.0. The van der Waals surface area contributed by atoms with E-state index < -0.39 is 0 Å². The second-order valence-electron chi connectivity index (χ2n) is 8.27. The van der Waals surface area contributed by atoms with Crippen LogP contribution in [0.5, 0.6) is 5.88 Å². The number of rotatable bonds is 5. The molecule has 1 amide bonds. The van der Waals surface area contributed by atoms with Crippen LogP contribution in [0.1, 0.15) is 35.6 Å². The molecule has 5 rings (SSSR count). The molecule has 0 spiro atoms. The highest BCUT2D eigenvalue weighted by Crippen LogP contribution is 2.31. The van der Waals surface area contributed by atoms with E-state index in [0.29, 0.717) is 5.88 Å². The molecule has 5 nitrogen and oxygen atoms in total. The Hall–Kier alpha value is -3.73. The monoisotopic (exact) mass is 423 g/mol. The van der Waals surface area contributed by atoms with Crippen LogP contribution in [-0.4, -0.2) is 22.7 Å². The van der Waals surface area contributed by atoms with Gasteiger partial charge in [-0.15, -0.1) is 10.2 Å². The van der Waals surface area contributed by atoms with Crippen LogP contribution in [0.25, 0.3) is 22.0 Å². The highest BCUT2D eigenvalue weighted by atomic mass is 16.5. The van der Waals surface area contributed by atoms with E-state index in [4.69, 9.17) is 4.74 Å². The summed E-state index contributed by atoms with van der Waals surface area (Å²) >= 11 is 0. The maximum Gasteiger partial charge on any atom is 0.258 e. The average Bonchev–Trinajstić information content (AvgIpc) is 2.83. The summed E-state index contributed by atoms with van der Waals surface area (Å²) in [5.41, 5.74) is 5.52. The molecule has 0 saturated carbocycles. The maximum atomic E-state index is 12.7. The van der Waals surface area contributed by atoms with Crippen molar-refractivity contribution in [2.24, 2.45) is 0 Å². The average molecular weight is 424 g/mol. The molecule has 1 unspecified atom stereocenters. The molecule has 4 aromatic rings. The minimum atomic E-state index is -0.153. The van der Waals surface area contributed by atoms with Crippen molar-refractivity contribution in [1.29, 1.82) is 0 Å². The molecule has 0 bridgehead atoms. The predicted molar refractivity (Wildman–Crippen MR) is 125 cm³/mol. The lowest BCUT2D eigenvalue weighted by molar-refractivity contribution is -0.124. The third kappa shape index (κ3) is 4.06. The van der Waals surface area contributed by atoms with Crippen molar-refractivity contribution in [2.45, 2.75) is 32.2 Å². The quantitative estimate of drug-likeness (QED) is 0.481. The molecule has 5 heteroatoms. The molecule has 1 aromatic heterocycles. The van der Waals surface area contributed by atoms with Gasteiger partial charge in [-0.2, -0.15) is 0 Å². The molecule has 3 aromatic carbocycles. The van der Waals surface area contributed by atoms with E-state index >= 15 is 0 Å². The van der Waals surface area contributed by atoms with Crippen LogP contribution in [0.3, 0.4) is 0 Å². The standard InChI is InChI=1S/C27H25N3O2/c1-18-13-15-20(16-14-18)26-22-10-4-5-11-23(22)27(30-29-26)32-17-25(31)28-24-12-6-8-19-7-2-3-9-21(19)24/h2-5,7,9-11,13-16,24H,6,8,12,17H2,1H3,(H,28,31). The van der Waals surface area contributed by atoms with E-state index in [9.17, 15) is 4.79 Å². The fourth-order valence-corrected chi connectivity index (χ4v) is 4.38. The van der Waals surface area contributed by atoms with E-state index in [-0.39, 0.29) is 18.6 Å². The van der Waals surface area contributed by atoms with Gasteiger partial charge in [-0.05, 0) is 43.4 Å². The van der Waals surface area contributed by atoms with Gasteiger partial charge in [0.15, 0.2) is 6.61 Å². The molecule has 0 aliphatic heterocycles. The van der Waals surface area contributed by atoms with E-state index in [1.54, 1.807) is 0 Å². The first-order valence-corrected chi connectivity index (χ1v) is 11.0. The van der Waals surface area contributed by atoms with E-state index in [2.05, 4.69) is 52.8 Å². The zero-order chi connectivity index (χ0) is 21.9. The smallest absolute Gasteiger partial charge is 0.258 e. The van der Waals surface area contributed by atoms with E-state index in [0.717, 1.165) is 41.3 Å². The summed E-state index contributed by atoms with van der Waals surface area (Å²) in [6.07, 6.45) is 3.07. The van der Waals surface area contributed by atoms with Crippen LogP contribution in [0.15, 0.2) is 72.8 Å². The second kappa shape index (κ2) is 8.79. The number of aryl methyl sites for hydroxylation is 2. The minimum Gasteiger partial charge on any atom is -0.466 e. The number of nitrogens with zero attached hydrogens (tertiary/aromatic N) is 2. The molecule has 1 heterocycles. The number of ether oxygens (including phenoxy) is 1. The number of aromatic nitrogens is 2. The first-order valence-electron chi connectivity index (χ1n) is 11.0. The summed E-state index contributed by atoms with van der Waals surface area (Å²) in [7, 11) is 0. The number of carbonyl (C=O) groups excluding carboxylic acids is 1. The summed E-state index contributed by atoms with van der Waals surface area (Å²) < 4.78 is 5.83. The Morgan fingerprint density at radius 1 is 0.969 bits per heavy atom. The fourth-order valence-electron chi connectivity index (χ4n) is 4.38. The van der Waals surface area contributed by atoms with Gasteiger partial charge in [0, 0.05) is 16.3 Å². The summed E-state index contributed by atoms with van der Waals surface area (Å²) in [5.74, 6) is 0.218. The van der Waals surface area contributed by atoms with Gasteiger partial charge in [-0.3, -0.25) is 4.79 Å². The Balaban J connectivity index is 1.34. The lowest BCUT2D eigenvalue weighted by Gasteiger charge is -2.26. The van der Waals surface area contributed by atoms with Gasteiger partial charge >= 0.3 is 0 Å². The first-order chi connectivity index (χ1) is 15.7. The topological polar surface area (TPSA) is 64.1 Å². The minimum absolute atomic E-state index is 0.0304. The Bertz CT molecular complexity index is 1270. The van der Waals surface area contributed by atoms with Crippen LogP contribution in [-0.2, 0) is 11.2 Å². The molecular weight excluding hydrogens is 398 g/mol. The third-order valence-electron chi connectivity index (χ3n) is 6.02. The Morgan fingerprint density at radius 3 is 2.56 bits per heavy atom. The Kier molecular flexibility index (Phi) is 5.55. The van der Waals surface area contributed by atoms with E-state index in [1.807, 2.05) is 42.5 Å². The Labute approximate surface area is 187 Å². The summed E-state index contributed by atoms with van der Waals surface area (Å²) in [6, 6.07) is 24.4. The van der Waals surface area contributed by atoms with Gasteiger partial charge in [0.1, 0.15) is 5.69 Å². The van der Waals surface area contributed by atoms with Crippen molar-refractivity contribution in [1.82, 2.24) is 15.5 Å². The van der Waals surface area contributed by atoms with Crippen LogP contribution in [0.2, 0.25) is 0 Å². The molecule has 1 aliphatic carbocycles. The molecule has 0 fully saturated rings. The number of nitrogens with one attached hydrogen (secondary N) is 1. The SMILES string of the molecule is Cc1ccc(-c2nnc(OCC(=O)NC3CCCc4ccccc43)c3ccccc23)cc1. The number of hydrogen-bond donors (Lipinski definition) is 1. The van der Waals surface area contributed by atoms with Crippen molar-refractivity contribution >= 4 is 16.7 Å². The van der Waals surface area contributed by atoms with Crippen molar-refractivity contribution in [3.8, 4) is 17.1 Å². The number of carbonyl (C=O) groups is 1. The lowest BCUT2D eigenvalue weighted by atomic mass is 9.88.